The average Bonchev–Trinajstić information content (AvgIpc) is 2.54. The van der Waals surface area contributed by atoms with Crippen LogP contribution in [0.15, 0.2) is 0 Å². The van der Waals surface area contributed by atoms with Crippen LogP contribution in [0.4, 0.5) is 0 Å². The van der Waals surface area contributed by atoms with E-state index in [-0.39, 0.29) is 0 Å². The first-order chi connectivity index (χ1) is 11.1. The second-order valence-corrected chi connectivity index (χ2v) is 7.34. The topological polar surface area (TPSA) is 3.24 Å². The number of rotatable bonds is 15. The Morgan fingerprint density at radius 3 is 1.13 bits per heavy atom. The molecular formula is C22H49N. The molecule has 1 nitrogen and oxygen atoms in total. The van der Waals surface area contributed by atoms with Gasteiger partial charge in [-0.1, -0.05) is 119 Å². The van der Waals surface area contributed by atoms with Crippen LogP contribution in [0, 0.1) is 5.92 Å². The van der Waals surface area contributed by atoms with Gasteiger partial charge in [-0.15, -0.1) is 0 Å². The zero-order chi connectivity index (χ0) is 17.8. The van der Waals surface area contributed by atoms with Crippen molar-refractivity contribution in [1.82, 2.24) is 4.90 Å². The molecule has 0 saturated heterocycles. The lowest BCUT2D eigenvalue weighted by molar-refractivity contribution is 0.321. The Balaban J connectivity index is 0. The van der Waals surface area contributed by atoms with Gasteiger partial charge in [-0.05, 0) is 25.6 Å². The maximum Gasteiger partial charge on any atom is -0.00474 e. The van der Waals surface area contributed by atoms with Crippen LogP contribution in [0.5, 0.6) is 0 Å². The summed E-state index contributed by atoms with van der Waals surface area (Å²) in [4.78, 5) is 2.38. The summed E-state index contributed by atoms with van der Waals surface area (Å²) >= 11 is 0. The minimum Gasteiger partial charge on any atom is -0.304 e. The minimum atomic E-state index is 0.901. The lowest BCUT2D eigenvalue weighted by atomic mass is 10.0. The van der Waals surface area contributed by atoms with E-state index in [2.05, 4.69) is 46.4 Å². The van der Waals surface area contributed by atoms with E-state index >= 15 is 0 Å². The van der Waals surface area contributed by atoms with Gasteiger partial charge in [0.15, 0.2) is 0 Å². The number of nitrogens with zero attached hydrogens (tertiary/aromatic N) is 1. The van der Waals surface area contributed by atoms with Crippen molar-refractivity contribution in [2.75, 3.05) is 19.6 Å². The van der Waals surface area contributed by atoms with E-state index < -0.39 is 0 Å². The maximum atomic E-state index is 2.38. The first-order valence-corrected chi connectivity index (χ1v) is 10.8. The fraction of sp³-hybridized carbons (Fsp3) is 1.00. The van der Waals surface area contributed by atoms with Crippen molar-refractivity contribution in [3.05, 3.63) is 0 Å². The molecule has 0 aliphatic carbocycles. The van der Waals surface area contributed by atoms with Gasteiger partial charge in [0.05, 0.1) is 0 Å². The quantitative estimate of drug-likeness (QED) is 0.279. The van der Waals surface area contributed by atoms with E-state index in [9.17, 15) is 0 Å². The number of hydrogen-bond donors (Lipinski definition) is 0. The van der Waals surface area contributed by atoms with Gasteiger partial charge in [0, 0.05) is 0 Å². The van der Waals surface area contributed by atoms with Crippen LogP contribution < -0.4 is 0 Å². The molecule has 0 rings (SSSR count). The lowest BCUT2D eigenvalue weighted by Crippen LogP contribution is -2.21. The number of hydrogen-bond acceptors (Lipinski definition) is 1. The SMILES string of the molecule is CCCCCCCCCCCCCC(C)C.CCN(CC)CC. The zero-order valence-corrected chi connectivity index (χ0v) is 17.6. The Labute approximate surface area is 149 Å². The highest BCUT2D eigenvalue weighted by molar-refractivity contribution is 4.50. The predicted octanol–water partition coefficient (Wildman–Crippen LogP) is 7.69. The minimum absolute atomic E-state index is 0.901. The van der Waals surface area contributed by atoms with Crippen LogP contribution in [-0.4, -0.2) is 24.5 Å². The molecular weight excluding hydrogens is 278 g/mol. The summed E-state index contributed by atoms with van der Waals surface area (Å²) in [5, 5.41) is 0. The molecule has 0 amide bonds. The van der Waals surface area contributed by atoms with Crippen molar-refractivity contribution in [3.63, 3.8) is 0 Å². The second-order valence-electron chi connectivity index (χ2n) is 7.34. The van der Waals surface area contributed by atoms with Gasteiger partial charge in [0.2, 0.25) is 0 Å². The van der Waals surface area contributed by atoms with Gasteiger partial charge in [-0.2, -0.15) is 0 Å². The van der Waals surface area contributed by atoms with Crippen molar-refractivity contribution in [2.24, 2.45) is 5.92 Å². The van der Waals surface area contributed by atoms with Crippen LogP contribution in [-0.2, 0) is 0 Å². The summed E-state index contributed by atoms with van der Waals surface area (Å²) in [7, 11) is 0. The van der Waals surface area contributed by atoms with Crippen LogP contribution >= 0.6 is 0 Å². The average molecular weight is 328 g/mol. The van der Waals surface area contributed by atoms with Gasteiger partial charge in [0.1, 0.15) is 0 Å². The zero-order valence-electron chi connectivity index (χ0n) is 17.6. The molecule has 0 unspecified atom stereocenters. The second kappa shape index (κ2) is 22.0. The molecule has 0 heterocycles. The smallest absolute Gasteiger partial charge is 0.00474 e. The van der Waals surface area contributed by atoms with E-state index in [1.807, 2.05) is 0 Å². The van der Waals surface area contributed by atoms with Crippen molar-refractivity contribution < 1.29 is 0 Å². The largest absolute Gasteiger partial charge is 0.304 e. The Bertz CT molecular complexity index is 179. The highest BCUT2D eigenvalue weighted by atomic mass is 15.1. The van der Waals surface area contributed by atoms with Crippen LogP contribution in [0.3, 0.4) is 0 Å². The molecule has 0 aromatic carbocycles. The van der Waals surface area contributed by atoms with Gasteiger partial charge in [-0.3, -0.25) is 0 Å². The normalized spacial score (nSPS) is 11.0. The van der Waals surface area contributed by atoms with Gasteiger partial charge in [0.25, 0.3) is 0 Å². The highest BCUT2D eigenvalue weighted by Crippen LogP contribution is 2.13. The highest BCUT2D eigenvalue weighted by Gasteiger charge is 1.95. The summed E-state index contributed by atoms with van der Waals surface area (Å²) in [6, 6.07) is 0. The molecule has 0 aliphatic heterocycles. The van der Waals surface area contributed by atoms with Gasteiger partial charge in [-0.25, -0.2) is 0 Å². The monoisotopic (exact) mass is 327 g/mol. The Hall–Kier alpha value is -0.0400. The van der Waals surface area contributed by atoms with E-state index in [1.165, 1.54) is 96.7 Å². The lowest BCUT2D eigenvalue weighted by Gasteiger charge is -2.13. The summed E-state index contributed by atoms with van der Waals surface area (Å²) in [6.07, 6.45) is 17.5. The van der Waals surface area contributed by atoms with Crippen LogP contribution in [0.1, 0.15) is 119 Å². The third-order valence-corrected chi connectivity index (χ3v) is 4.73. The summed E-state index contributed by atoms with van der Waals surface area (Å²) < 4.78 is 0. The summed E-state index contributed by atoms with van der Waals surface area (Å²) in [6.45, 7) is 17.1. The Morgan fingerprint density at radius 2 is 0.870 bits per heavy atom. The van der Waals surface area contributed by atoms with Crippen molar-refractivity contribution in [2.45, 2.75) is 119 Å². The fourth-order valence-corrected chi connectivity index (χ4v) is 2.89. The van der Waals surface area contributed by atoms with Crippen molar-refractivity contribution >= 4 is 0 Å². The van der Waals surface area contributed by atoms with Gasteiger partial charge >= 0.3 is 0 Å². The molecule has 0 aromatic rings. The molecule has 0 saturated carbocycles. The Kier molecular flexibility index (Phi) is 24.1. The van der Waals surface area contributed by atoms with Gasteiger partial charge < -0.3 is 4.90 Å². The van der Waals surface area contributed by atoms with Crippen LogP contribution in [0.25, 0.3) is 0 Å². The summed E-state index contributed by atoms with van der Waals surface area (Å²) in [5.74, 6) is 0.901. The first-order valence-electron chi connectivity index (χ1n) is 10.8. The predicted molar refractivity (Wildman–Crippen MR) is 109 cm³/mol. The molecule has 0 atom stereocenters. The van der Waals surface area contributed by atoms with E-state index in [0.717, 1.165) is 5.92 Å². The standard InChI is InChI=1S/C16H34.C6H15N/c1-4-5-6-7-8-9-10-11-12-13-14-15-16(2)3;1-4-7(5-2)6-3/h16H,4-15H2,1-3H3;4-6H2,1-3H3. The third-order valence-electron chi connectivity index (χ3n) is 4.73. The number of unbranched alkanes of at least 4 members (excludes halogenated alkanes) is 10. The van der Waals surface area contributed by atoms with Crippen molar-refractivity contribution in [1.29, 1.82) is 0 Å². The third kappa shape index (κ3) is 24.3. The molecule has 0 bridgehead atoms. The molecule has 0 spiro atoms. The molecule has 0 aliphatic rings. The molecule has 0 N–H and O–H groups in total. The van der Waals surface area contributed by atoms with Crippen molar-refractivity contribution in [3.8, 4) is 0 Å². The molecule has 0 aromatic heterocycles. The fourth-order valence-electron chi connectivity index (χ4n) is 2.89. The molecule has 0 fully saturated rings. The Morgan fingerprint density at radius 1 is 0.522 bits per heavy atom. The maximum absolute atomic E-state index is 2.38. The molecule has 0 radical (unpaired) electrons. The van der Waals surface area contributed by atoms with E-state index in [1.54, 1.807) is 0 Å². The molecule has 142 valence electrons. The van der Waals surface area contributed by atoms with E-state index in [4.69, 9.17) is 0 Å². The molecule has 23 heavy (non-hydrogen) atoms. The van der Waals surface area contributed by atoms with Crippen LogP contribution in [0.2, 0.25) is 0 Å². The van der Waals surface area contributed by atoms with E-state index in [0.29, 0.717) is 0 Å². The summed E-state index contributed by atoms with van der Waals surface area (Å²) in [5.41, 5.74) is 0. The first kappa shape index (κ1) is 25.2. The molecule has 1 heteroatoms.